The molecule has 0 atom stereocenters. The first-order valence-corrected chi connectivity index (χ1v) is 8.16. The maximum Gasteiger partial charge on any atom is 0.227 e. The number of pyridine rings is 2. The lowest BCUT2D eigenvalue weighted by molar-refractivity contribution is -0.116. The number of aromatic nitrogens is 4. The number of fused-ring (bicyclic) bond motifs is 1. The topological polar surface area (TPSA) is 93.8 Å². The first-order chi connectivity index (χ1) is 12.8. The lowest BCUT2D eigenvalue weighted by Crippen LogP contribution is -2.12. The maximum atomic E-state index is 12.3. The van der Waals surface area contributed by atoms with E-state index in [1.165, 1.54) is 0 Å². The minimum Gasteiger partial charge on any atom is -0.339 e. The van der Waals surface area contributed by atoms with E-state index in [1.807, 2.05) is 30.3 Å². The van der Waals surface area contributed by atoms with Crippen molar-refractivity contribution in [3.8, 4) is 11.4 Å². The van der Waals surface area contributed by atoms with E-state index in [2.05, 4.69) is 25.4 Å². The second-order valence-corrected chi connectivity index (χ2v) is 5.67. The van der Waals surface area contributed by atoms with E-state index in [4.69, 9.17) is 4.52 Å². The normalized spacial score (nSPS) is 10.8. The molecule has 0 saturated heterocycles. The molecule has 3 heterocycles. The molecule has 0 fully saturated rings. The van der Waals surface area contributed by atoms with Crippen molar-refractivity contribution in [3.63, 3.8) is 0 Å². The Bertz CT molecular complexity index is 1040. The van der Waals surface area contributed by atoms with Crippen LogP contribution in [0.2, 0.25) is 0 Å². The lowest BCUT2D eigenvalue weighted by atomic mass is 10.1. The van der Waals surface area contributed by atoms with E-state index in [1.54, 1.807) is 30.7 Å². The minimum atomic E-state index is -0.120. The van der Waals surface area contributed by atoms with E-state index in [9.17, 15) is 4.79 Å². The van der Waals surface area contributed by atoms with Gasteiger partial charge in [-0.1, -0.05) is 11.2 Å². The summed E-state index contributed by atoms with van der Waals surface area (Å²) in [5.41, 5.74) is 2.40. The third-order valence-corrected chi connectivity index (χ3v) is 3.89. The summed E-state index contributed by atoms with van der Waals surface area (Å²) in [4.78, 5) is 24.8. The summed E-state index contributed by atoms with van der Waals surface area (Å²) in [6.07, 6.45) is 5.67. The number of benzene rings is 1. The summed E-state index contributed by atoms with van der Waals surface area (Å²) in [5.74, 6) is 0.791. The van der Waals surface area contributed by atoms with Crippen molar-refractivity contribution in [3.05, 3.63) is 66.9 Å². The predicted octanol–water partition coefficient (Wildman–Crippen LogP) is 3.25. The average Bonchev–Trinajstić information content (AvgIpc) is 3.17. The number of hydrogen-bond acceptors (Lipinski definition) is 6. The number of amides is 1. The molecule has 0 saturated carbocycles. The Hall–Kier alpha value is -3.61. The summed E-state index contributed by atoms with van der Waals surface area (Å²) in [5, 5.41) is 7.76. The molecule has 0 unspecified atom stereocenters. The van der Waals surface area contributed by atoms with Crippen LogP contribution in [0.5, 0.6) is 0 Å². The molecule has 1 aromatic carbocycles. The van der Waals surface area contributed by atoms with Crippen LogP contribution in [0, 0.1) is 0 Å². The second kappa shape index (κ2) is 7.10. The SMILES string of the molecule is O=C(CCc1nc(-c2ccncc2)no1)Nc1cccc2ncccc12. The van der Waals surface area contributed by atoms with Crippen LogP contribution in [-0.2, 0) is 11.2 Å². The summed E-state index contributed by atoms with van der Waals surface area (Å²) in [7, 11) is 0. The van der Waals surface area contributed by atoms with Crippen LogP contribution in [0.1, 0.15) is 12.3 Å². The molecule has 3 aromatic heterocycles. The molecule has 1 N–H and O–H groups in total. The molecule has 0 spiro atoms. The van der Waals surface area contributed by atoms with Crippen LogP contribution in [0.4, 0.5) is 5.69 Å². The van der Waals surface area contributed by atoms with Crippen LogP contribution in [0.25, 0.3) is 22.3 Å². The van der Waals surface area contributed by atoms with Gasteiger partial charge in [0.1, 0.15) is 0 Å². The van der Waals surface area contributed by atoms with Crippen LogP contribution >= 0.6 is 0 Å². The van der Waals surface area contributed by atoms with Gasteiger partial charge in [-0.2, -0.15) is 4.98 Å². The van der Waals surface area contributed by atoms with Gasteiger partial charge in [0.25, 0.3) is 0 Å². The molecule has 7 nitrogen and oxygen atoms in total. The maximum absolute atomic E-state index is 12.3. The highest BCUT2D eigenvalue weighted by Crippen LogP contribution is 2.21. The number of nitrogens with zero attached hydrogens (tertiary/aromatic N) is 4. The first kappa shape index (κ1) is 15.9. The zero-order chi connectivity index (χ0) is 17.8. The number of aryl methyl sites for hydroxylation is 1. The number of anilines is 1. The monoisotopic (exact) mass is 345 g/mol. The molecule has 0 aliphatic rings. The number of carbonyl (C=O) groups excluding carboxylic acids is 1. The van der Waals surface area contributed by atoms with E-state index >= 15 is 0 Å². The molecular weight excluding hydrogens is 330 g/mol. The molecule has 1 amide bonds. The van der Waals surface area contributed by atoms with Crippen LogP contribution in [-0.4, -0.2) is 26.0 Å². The fraction of sp³-hybridized carbons (Fsp3) is 0.105. The van der Waals surface area contributed by atoms with Crippen molar-refractivity contribution in [1.82, 2.24) is 20.1 Å². The van der Waals surface area contributed by atoms with Gasteiger partial charge in [0.15, 0.2) is 0 Å². The van der Waals surface area contributed by atoms with E-state index in [0.29, 0.717) is 18.1 Å². The predicted molar refractivity (Wildman–Crippen MR) is 96.2 cm³/mol. The number of carbonyl (C=O) groups is 1. The standard InChI is InChI=1S/C19H15N5O2/c25-17(22-16-5-1-4-15-14(16)3-2-10-21-15)6-7-18-23-19(24-26-18)13-8-11-20-12-9-13/h1-5,8-12H,6-7H2,(H,22,25). The van der Waals surface area contributed by atoms with Gasteiger partial charge in [-0.15, -0.1) is 0 Å². The summed E-state index contributed by atoms with van der Waals surface area (Å²) >= 11 is 0. The minimum absolute atomic E-state index is 0.120. The molecule has 0 radical (unpaired) electrons. The first-order valence-electron chi connectivity index (χ1n) is 8.16. The third-order valence-electron chi connectivity index (χ3n) is 3.89. The Balaban J connectivity index is 1.41. The van der Waals surface area contributed by atoms with Crippen molar-refractivity contribution in [2.75, 3.05) is 5.32 Å². The molecule has 4 aromatic rings. The van der Waals surface area contributed by atoms with Crippen LogP contribution < -0.4 is 5.32 Å². The molecule has 4 rings (SSSR count). The van der Waals surface area contributed by atoms with Gasteiger partial charge < -0.3 is 9.84 Å². The van der Waals surface area contributed by atoms with Gasteiger partial charge in [0.2, 0.25) is 17.6 Å². The Labute approximate surface area is 149 Å². The van der Waals surface area contributed by atoms with Crippen molar-refractivity contribution in [1.29, 1.82) is 0 Å². The van der Waals surface area contributed by atoms with Gasteiger partial charge in [0.05, 0.1) is 11.2 Å². The van der Waals surface area contributed by atoms with Gasteiger partial charge in [0, 0.05) is 42.4 Å². The molecule has 128 valence electrons. The van der Waals surface area contributed by atoms with Gasteiger partial charge in [-0.25, -0.2) is 0 Å². The van der Waals surface area contributed by atoms with Crippen molar-refractivity contribution in [2.24, 2.45) is 0 Å². The molecule has 26 heavy (non-hydrogen) atoms. The Morgan fingerprint density at radius 1 is 1.04 bits per heavy atom. The molecule has 0 bridgehead atoms. The molecular formula is C19H15N5O2. The van der Waals surface area contributed by atoms with E-state index < -0.39 is 0 Å². The number of rotatable bonds is 5. The van der Waals surface area contributed by atoms with Crippen LogP contribution in [0.15, 0.2) is 65.6 Å². The highest BCUT2D eigenvalue weighted by molar-refractivity contribution is 6.00. The van der Waals surface area contributed by atoms with Crippen LogP contribution in [0.3, 0.4) is 0 Å². The van der Waals surface area contributed by atoms with Gasteiger partial charge >= 0.3 is 0 Å². The zero-order valence-electron chi connectivity index (χ0n) is 13.8. The molecule has 0 aliphatic heterocycles. The zero-order valence-corrected chi connectivity index (χ0v) is 13.8. The van der Waals surface area contributed by atoms with Gasteiger partial charge in [-0.05, 0) is 36.4 Å². The summed E-state index contributed by atoms with van der Waals surface area (Å²) < 4.78 is 5.22. The number of nitrogens with one attached hydrogen (secondary N) is 1. The lowest BCUT2D eigenvalue weighted by Gasteiger charge is -2.07. The molecule has 7 heteroatoms. The highest BCUT2D eigenvalue weighted by Gasteiger charge is 2.11. The number of hydrogen-bond donors (Lipinski definition) is 1. The third kappa shape index (κ3) is 3.41. The average molecular weight is 345 g/mol. The fourth-order valence-electron chi connectivity index (χ4n) is 2.62. The van der Waals surface area contributed by atoms with E-state index in [0.717, 1.165) is 22.2 Å². The van der Waals surface area contributed by atoms with E-state index in [-0.39, 0.29) is 12.3 Å². The van der Waals surface area contributed by atoms with Crippen molar-refractivity contribution < 1.29 is 9.32 Å². The summed E-state index contributed by atoms with van der Waals surface area (Å²) in [6, 6.07) is 13.0. The second-order valence-electron chi connectivity index (χ2n) is 5.67. The molecule has 0 aliphatic carbocycles. The Morgan fingerprint density at radius 2 is 1.92 bits per heavy atom. The van der Waals surface area contributed by atoms with Gasteiger partial charge in [-0.3, -0.25) is 14.8 Å². The summed E-state index contributed by atoms with van der Waals surface area (Å²) in [6.45, 7) is 0. The Kier molecular flexibility index (Phi) is 4.34. The quantitative estimate of drug-likeness (QED) is 0.597. The smallest absolute Gasteiger partial charge is 0.227 e. The Morgan fingerprint density at radius 3 is 2.81 bits per heavy atom. The van der Waals surface area contributed by atoms with Crippen molar-refractivity contribution >= 4 is 22.5 Å². The highest BCUT2D eigenvalue weighted by atomic mass is 16.5. The fourth-order valence-corrected chi connectivity index (χ4v) is 2.62. The largest absolute Gasteiger partial charge is 0.339 e. The van der Waals surface area contributed by atoms with Crippen molar-refractivity contribution in [2.45, 2.75) is 12.8 Å².